The first-order chi connectivity index (χ1) is 20.3. The van der Waals surface area contributed by atoms with Crippen LogP contribution < -0.4 is 10.2 Å². The lowest BCUT2D eigenvalue weighted by molar-refractivity contribution is 0.601. The molecule has 0 aliphatic carbocycles. The molecule has 0 amide bonds. The van der Waals surface area contributed by atoms with Gasteiger partial charge in [-0.3, -0.25) is 4.99 Å². The average Bonchev–Trinajstić information content (AvgIpc) is 3.00. The maximum atomic E-state index is 13.2. The molecule has 0 saturated heterocycles. The lowest BCUT2D eigenvalue weighted by Gasteiger charge is -2.17. The zero-order valence-electron chi connectivity index (χ0n) is 24.3. The Morgan fingerprint density at radius 2 is 1.71 bits per heavy atom. The number of sulfonamides is 1. The first-order valence-corrected chi connectivity index (χ1v) is 15.6. The molecule has 0 aliphatic rings. The van der Waals surface area contributed by atoms with E-state index in [4.69, 9.17) is 9.98 Å². The van der Waals surface area contributed by atoms with Crippen molar-refractivity contribution in [3.8, 4) is 11.1 Å². The predicted octanol–water partition coefficient (Wildman–Crippen LogP) is 5.73. The molecule has 0 fully saturated rings. The summed E-state index contributed by atoms with van der Waals surface area (Å²) >= 11 is 0. The van der Waals surface area contributed by atoms with E-state index in [9.17, 15) is 8.42 Å². The van der Waals surface area contributed by atoms with Gasteiger partial charge in [0.2, 0.25) is 5.95 Å². The fraction of sp³-hybridized carbons (Fsp3) is 0.281. The van der Waals surface area contributed by atoms with Gasteiger partial charge in [-0.1, -0.05) is 75.7 Å². The molecule has 5 aromatic rings. The van der Waals surface area contributed by atoms with Crippen LogP contribution in [0.25, 0.3) is 22.0 Å². The maximum absolute atomic E-state index is 13.2. The molecule has 1 N–H and O–H groups in total. The minimum Gasteiger partial charge on any atom is -0.310 e. The predicted molar refractivity (Wildman–Crippen MR) is 166 cm³/mol. The first-order valence-electron chi connectivity index (χ1n) is 14.1. The van der Waals surface area contributed by atoms with E-state index < -0.39 is 10.0 Å². The van der Waals surface area contributed by atoms with Gasteiger partial charge in [0.1, 0.15) is 24.0 Å². The third kappa shape index (κ3) is 6.23. The molecule has 0 aliphatic heterocycles. The molecule has 0 atom stereocenters. The molecule has 0 spiro atoms. The van der Waals surface area contributed by atoms with Crippen molar-refractivity contribution in [1.29, 1.82) is 0 Å². The highest BCUT2D eigenvalue weighted by atomic mass is 32.2. The third-order valence-corrected chi connectivity index (χ3v) is 8.60. The average molecular weight is 582 g/mol. The van der Waals surface area contributed by atoms with Crippen molar-refractivity contribution >= 4 is 26.9 Å². The van der Waals surface area contributed by atoms with Crippen molar-refractivity contribution in [2.45, 2.75) is 57.4 Å². The van der Waals surface area contributed by atoms with Crippen LogP contribution in [0.4, 0.5) is 5.95 Å². The number of unbranched alkanes of at least 4 members (excludes halogenated alkanes) is 1. The molecule has 42 heavy (non-hydrogen) atoms. The minimum absolute atomic E-state index is 0.0345. The number of aryl methyl sites for hydroxylation is 1. The van der Waals surface area contributed by atoms with Gasteiger partial charge in [0.25, 0.3) is 10.0 Å². The van der Waals surface area contributed by atoms with Gasteiger partial charge >= 0.3 is 0 Å². The summed E-state index contributed by atoms with van der Waals surface area (Å²) in [4.78, 5) is 21.5. The fourth-order valence-corrected chi connectivity index (χ4v) is 6.16. The van der Waals surface area contributed by atoms with Crippen LogP contribution in [0.3, 0.4) is 0 Å². The van der Waals surface area contributed by atoms with Gasteiger partial charge in [-0.05, 0) is 47.2 Å². The normalized spacial score (nSPS) is 12.3. The molecular weight excluding hydrogens is 546 g/mol. The Kier molecular flexibility index (Phi) is 8.72. The standard InChI is InChI=1S/C32H35N7O2S/c1-5-6-11-30-37-28-17-16-25(22(2)3)18-27(28)31(33-4)39(30)19-23-12-14-24(15-13-23)26-9-7-8-10-29(26)42(40,41)38-32-35-20-34-21-36-32/h7-10,12-18,20-22H,5-6,11,19H2,1-4H3,(H,34,35,36,38). The number of nitrogens with zero attached hydrogens (tertiary/aromatic N) is 6. The minimum atomic E-state index is -3.93. The van der Waals surface area contributed by atoms with Crippen LogP contribution >= 0.6 is 0 Å². The van der Waals surface area contributed by atoms with Crippen molar-refractivity contribution in [2.75, 3.05) is 11.8 Å². The van der Waals surface area contributed by atoms with Gasteiger partial charge in [0, 0.05) is 24.4 Å². The summed E-state index contributed by atoms with van der Waals surface area (Å²) in [5.74, 6) is 1.37. The van der Waals surface area contributed by atoms with E-state index in [0.717, 1.165) is 52.6 Å². The number of benzene rings is 3. The second-order valence-corrected chi connectivity index (χ2v) is 12.1. The highest BCUT2D eigenvalue weighted by molar-refractivity contribution is 7.92. The van der Waals surface area contributed by atoms with E-state index in [1.54, 1.807) is 18.2 Å². The SMILES string of the molecule is CCCCc1nc2ccc(C(C)C)cc2c(=NC)n1Cc1ccc(-c2ccccc2S(=O)(=O)Nc2ncncn2)cc1. The molecule has 216 valence electrons. The van der Waals surface area contributed by atoms with Crippen molar-refractivity contribution in [2.24, 2.45) is 4.99 Å². The van der Waals surface area contributed by atoms with E-state index in [2.05, 4.69) is 63.2 Å². The topological polar surface area (TPSA) is 115 Å². The van der Waals surface area contributed by atoms with E-state index >= 15 is 0 Å². The number of rotatable bonds is 10. The Labute approximate surface area is 246 Å². The third-order valence-electron chi connectivity index (χ3n) is 7.21. The van der Waals surface area contributed by atoms with E-state index in [-0.39, 0.29) is 10.8 Å². The van der Waals surface area contributed by atoms with Crippen molar-refractivity contribution < 1.29 is 8.42 Å². The molecule has 10 heteroatoms. The Morgan fingerprint density at radius 1 is 0.976 bits per heavy atom. The summed E-state index contributed by atoms with van der Waals surface area (Å²) in [7, 11) is -2.10. The quantitative estimate of drug-likeness (QED) is 0.225. The van der Waals surface area contributed by atoms with Crippen LogP contribution in [0, 0.1) is 0 Å². The summed E-state index contributed by atoms with van der Waals surface area (Å²) < 4.78 is 31.1. The van der Waals surface area contributed by atoms with Crippen molar-refractivity contribution in [3.63, 3.8) is 0 Å². The number of anilines is 1. The number of hydrogen-bond acceptors (Lipinski definition) is 7. The summed E-state index contributed by atoms with van der Waals surface area (Å²) in [5.41, 5.74) is 5.56. The van der Waals surface area contributed by atoms with Crippen molar-refractivity contribution in [1.82, 2.24) is 24.5 Å². The highest BCUT2D eigenvalue weighted by Crippen LogP contribution is 2.29. The van der Waals surface area contributed by atoms with E-state index in [0.29, 0.717) is 18.0 Å². The van der Waals surface area contributed by atoms with Gasteiger partial charge in [0.05, 0.1) is 17.0 Å². The molecule has 0 saturated carbocycles. The largest absolute Gasteiger partial charge is 0.310 e. The molecule has 2 heterocycles. The number of aromatic nitrogens is 5. The lowest BCUT2D eigenvalue weighted by Crippen LogP contribution is -2.27. The summed E-state index contributed by atoms with van der Waals surface area (Å²) in [6, 6.07) is 21.3. The van der Waals surface area contributed by atoms with Crippen LogP contribution in [-0.2, 0) is 23.0 Å². The summed E-state index contributed by atoms with van der Waals surface area (Å²) in [6.45, 7) is 7.16. The molecule has 0 bridgehead atoms. The molecule has 0 unspecified atom stereocenters. The van der Waals surface area contributed by atoms with Crippen LogP contribution in [-0.4, -0.2) is 40.0 Å². The second kappa shape index (κ2) is 12.6. The number of nitrogens with one attached hydrogen (secondary N) is 1. The first kappa shape index (κ1) is 29.1. The lowest BCUT2D eigenvalue weighted by atomic mass is 10.0. The molecular formula is C32H35N7O2S. The number of fused-ring (bicyclic) bond motifs is 1. The van der Waals surface area contributed by atoms with Crippen LogP contribution in [0.2, 0.25) is 0 Å². The summed E-state index contributed by atoms with van der Waals surface area (Å²) in [6.07, 6.45) is 5.45. The monoisotopic (exact) mass is 581 g/mol. The van der Waals surface area contributed by atoms with Gasteiger partial charge < -0.3 is 4.57 Å². The van der Waals surface area contributed by atoms with Crippen LogP contribution in [0.5, 0.6) is 0 Å². The van der Waals surface area contributed by atoms with E-state index in [1.165, 1.54) is 18.2 Å². The van der Waals surface area contributed by atoms with E-state index in [1.807, 2.05) is 37.4 Å². The maximum Gasteiger partial charge on any atom is 0.264 e. The smallest absolute Gasteiger partial charge is 0.264 e. The zero-order chi connectivity index (χ0) is 29.7. The molecule has 2 aromatic heterocycles. The fourth-order valence-electron chi connectivity index (χ4n) is 4.97. The second-order valence-electron chi connectivity index (χ2n) is 10.5. The Morgan fingerprint density at radius 3 is 2.40 bits per heavy atom. The zero-order valence-corrected chi connectivity index (χ0v) is 25.1. The summed E-state index contributed by atoms with van der Waals surface area (Å²) in [5, 5.41) is 1.05. The van der Waals surface area contributed by atoms with Gasteiger partial charge in [-0.2, -0.15) is 0 Å². The molecule has 0 radical (unpaired) electrons. The Balaban J connectivity index is 1.51. The van der Waals surface area contributed by atoms with Crippen molar-refractivity contribution in [3.05, 3.63) is 102 Å². The number of hydrogen-bond donors (Lipinski definition) is 1. The van der Waals surface area contributed by atoms with Crippen LogP contribution in [0.15, 0.2) is 89.3 Å². The van der Waals surface area contributed by atoms with Gasteiger partial charge in [-0.15, -0.1) is 0 Å². The Bertz CT molecular complexity index is 1870. The van der Waals surface area contributed by atoms with Gasteiger partial charge in [0.15, 0.2) is 0 Å². The van der Waals surface area contributed by atoms with Gasteiger partial charge in [-0.25, -0.2) is 33.1 Å². The Hall–Kier alpha value is -4.44. The highest BCUT2D eigenvalue weighted by Gasteiger charge is 2.20. The molecule has 3 aromatic carbocycles. The molecule has 9 nitrogen and oxygen atoms in total. The van der Waals surface area contributed by atoms with Crippen LogP contribution in [0.1, 0.15) is 56.5 Å². The molecule has 5 rings (SSSR count).